The molecule has 3 rings (SSSR count). The minimum atomic E-state index is 0. The van der Waals surface area contributed by atoms with E-state index in [2.05, 4.69) is 44.6 Å². The van der Waals surface area contributed by atoms with E-state index in [4.69, 9.17) is 9.47 Å². The Morgan fingerprint density at radius 3 is 2.83 bits per heavy atom. The van der Waals surface area contributed by atoms with Crippen LogP contribution in [-0.2, 0) is 22.9 Å². The number of morpholine rings is 1. The third-order valence-corrected chi connectivity index (χ3v) is 5.05. The van der Waals surface area contributed by atoms with Crippen molar-refractivity contribution in [3.8, 4) is 0 Å². The van der Waals surface area contributed by atoms with E-state index in [9.17, 15) is 0 Å². The molecule has 0 bridgehead atoms. The molecule has 2 aromatic rings. The molecule has 0 radical (unpaired) electrons. The van der Waals surface area contributed by atoms with Gasteiger partial charge in [-0.3, -0.25) is 9.67 Å². The molecule has 0 spiro atoms. The normalized spacial score (nSPS) is 16.9. The minimum absolute atomic E-state index is 0. The Bertz CT molecular complexity index is 753. The number of hydrogen-bond acceptors (Lipinski definition) is 4. The van der Waals surface area contributed by atoms with Gasteiger partial charge in [0.25, 0.3) is 0 Å². The number of guanidine groups is 1. The van der Waals surface area contributed by atoms with E-state index in [0.717, 1.165) is 63.6 Å². The number of aromatic nitrogens is 2. The molecule has 30 heavy (non-hydrogen) atoms. The maximum absolute atomic E-state index is 5.92. The molecule has 166 valence electrons. The Balaban J connectivity index is 0.00000320. The lowest BCUT2D eigenvalue weighted by atomic mass is 10.1. The summed E-state index contributed by atoms with van der Waals surface area (Å²) in [5, 5.41) is 7.73. The fourth-order valence-corrected chi connectivity index (χ4v) is 3.45. The smallest absolute Gasteiger partial charge is 0.193 e. The number of halogens is 1. The van der Waals surface area contributed by atoms with Crippen LogP contribution in [0.1, 0.15) is 30.1 Å². The van der Waals surface area contributed by atoms with Gasteiger partial charge in [0.1, 0.15) is 6.10 Å². The zero-order valence-corrected chi connectivity index (χ0v) is 20.3. The van der Waals surface area contributed by atoms with Crippen LogP contribution in [0.15, 0.2) is 47.7 Å². The SMILES string of the molecule is CN=C(NCCCCOCCc1ccccc1)N1CCOC(c2cnn(C)c2)C1.I. The molecule has 7 nitrogen and oxygen atoms in total. The van der Waals surface area contributed by atoms with Crippen LogP contribution in [0.2, 0.25) is 0 Å². The van der Waals surface area contributed by atoms with Crippen LogP contribution in [0, 0.1) is 0 Å². The Hall–Kier alpha value is -1.65. The molecule has 0 saturated carbocycles. The summed E-state index contributed by atoms with van der Waals surface area (Å²) in [6, 6.07) is 10.5. The van der Waals surface area contributed by atoms with E-state index in [1.54, 1.807) is 0 Å². The van der Waals surface area contributed by atoms with E-state index >= 15 is 0 Å². The van der Waals surface area contributed by atoms with E-state index < -0.39 is 0 Å². The summed E-state index contributed by atoms with van der Waals surface area (Å²) in [6.45, 7) is 4.79. The molecule has 0 amide bonds. The maximum Gasteiger partial charge on any atom is 0.193 e. The van der Waals surface area contributed by atoms with Crippen LogP contribution in [0.4, 0.5) is 0 Å². The van der Waals surface area contributed by atoms with E-state index in [0.29, 0.717) is 6.61 Å². The molecule has 1 N–H and O–H groups in total. The number of aryl methyl sites for hydroxylation is 1. The number of benzene rings is 1. The molecule has 1 fully saturated rings. The molecule has 0 aliphatic carbocycles. The second kappa shape index (κ2) is 13.6. The zero-order valence-electron chi connectivity index (χ0n) is 18.0. The standard InChI is InChI=1S/C22H33N5O2.HI/c1-23-22(27-12-15-29-21(18-27)20-16-25-26(2)17-20)24-11-6-7-13-28-14-10-19-8-4-3-5-9-19;/h3-5,8-9,16-17,21H,6-7,10-15,18H2,1-2H3,(H,23,24);1H. The fourth-order valence-electron chi connectivity index (χ4n) is 3.45. The van der Waals surface area contributed by atoms with Crippen LogP contribution in [-0.4, -0.2) is 67.1 Å². The number of nitrogens with one attached hydrogen (secondary N) is 1. The molecule has 8 heteroatoms. The van der Waals surface area contributed by atoms with Crippen molar-refractivity contribution in [2.24, 2.45) is 12.0 Å². The molecule has 1 aromatic carbocycles. The van der Waals surface area contributed by atoms with Crippen LogP contribution in [0.3, 0.4) is 0 Å². The van der Waals surface area contributed by atoms with E-state index in [1.807, 2.05) is 37.2 Å². The highest BCUT2D eigenvalue weighted by molar-refractivity contribution is 14.0. The Labute approximate surface area is 196 Å². The largest absolute Gasteiger partial charge is 0.381 e. The van der Waals surface area contributed by atoms with Gasteiger partial charge >= 0.3 is 0 Å². The lowest BCUT2D eigenvalue weighted by Crippen LogP contribution is -2.48. The van der Waals surface area contributed by atoms with Crippen LogP contribution < -0.4 is 5.32 Å². The van der Waals surface area contributed by atoms with Crippen molar-refractivity contribution in [3.63, 3.8) is 0 Å². The first-order valence-electron chi connectivity index (χ1n) is 10.4. The minimum Gasteiger partial charge on any atom is -0.381 e. The highest BCUT2D eigenvalue weighted by atomic mass is 127. The van der Waals surface area contributed by atoms with Gasteiger partial charge in [0.15, 0.2) is 5.96 Å². The number of nitrogens with zero attached hydrogens (tertiary/aromatic N) is 4. The van der Waals surface area contributed by atoms with Crippen molar-refractivity contribution in [2.75, 3.05) is 46.5 Å². The number of unbranched alkanes of at least 4 members (excludes halogenated alkanes) is 1. The Morgan fingerprint density at radius 1 is 1.27 bits per heavy atom. The lowest BCUT2D eigenvalue weighted by Gasteiger charge is -2.34. The monoisotopic (exact) mass is 527 g/mol. The maximum atomic E-state index is 5.92. The van der Waals surface area contributed by atoms with Crippen molar-refractivity contribution in [1.29, 1.82) is 0 Å². The summed E-state index contributed by atoms with van der Waals surface area (Å²) in [7, 11) is 3.76. The van der Waals surface area contributed by atoms with Gasteiger partial charge in [0, 0.05) is 45.6 Å². The molecular formula is C22H34IN5O2. The van der Waals surface area contributed by atoms with E-state index in [1.165, 1.54) is 5.56 Å². The third kappa shape index (κ3) is 7.88. The molecule has 1 aliphatic rings. The topological polar surface area (TPSA) is 63.9 Å². The molecule has 1 aromatic heterocycles. The average Bonchev–Trinajstić information content (AvgIpc) is 3.20. The first-order chi connectivity index (χ1) is 14.3. The molecule has 1 unspecified atom stereocenters. The summed E-state index contributed by atoms with van der Waals surface area (Å²) in [6.07, 6.45) is 7.00. The molecular weight excluding hydrogens is 493 g/mol. The van der Waals surface area contributed by atoms with Crippen LogP contribution >= 0.6 is 24.0 Å². The van der Waals surface area contributed by atoms with Gasteiger partial charge in [0.2, 0.25) is 0 Å². The zero-order chi connectivity index (χ0) is 20.3. The van der Waals surface area contributed by atoms with Crippen molar-refractivity contribution in [1.82, 2.24) is 20.0 Å². The highest BCUT2D eigenvalue weighted by Crippen LogP contribution is 2.21. The quantitative estimate of drug-likeness (QED) is 0.235. The second-order valence-electron chi connectivity index (χ2n) is 7.28. The second-order valence-corrected chi connectivity index (χ2v) is 7.28. The van der Waals surface area contributed by atoms with Crippen molar-refractivity contribution < 1.29 is 9.47 Å². The number of rotatable bonds is 9. The van der Waals surface area contributed by atoms with Crippen molar-refractivity contribution in [2.45, 2.75) is 25.4 Å². The highest BCUT2D eigenvalue weighted by Gasteiger charge is 2.24. The van der Waals surface area contributed by atoms with Gasteiger partial charge in [-0.2, -0.15) is 5.10 Å². The molecule has 1 aliphatic heterocycles. The van der Waals surface area contributed by atoms with Gasteiger partial charge in [-0.05, 0) is 24.8 Å². The molecule has 1 saturated heterocycles. The lowest BCUT2D eigenvalue weighted by molar-refractivity contribution is -0.00802. The molecule has 1 atom stereocenters. The Morgan fingerprint density at radius 2 is 2.10 bits per heavy atom. The predicted octanol–water partition coefficient (Wildman–Crippen LogP) is 3.03. The van der Waals surface area contributed by atoms with Crippen LogP contribution in [0.25, 0.3) is 0 Å². The first-order valence-corrected chi connectivity index (χ1v) is 10.4. The summed E-state index contributed by atoms with van der Waals surface area (Å²) in [5.74, 6) is 0.937. The van der Waals surface area contributed by atoms with Crippen molar-refractivity contribution in [3.05, 3.63) is 53.9 Å². The average molecular weight is 527 g/mol. The van der Waals surface area contributed by atoms with Crippen LogP contribution in [0.5, 0.6) is 0 Å². The number of hydrogen-bond donors (Lipinski definition) is 1. The van der Waals surface area contributed by atoms with Crippen molar-refractivity contribution >= 4 is 29.9 Å². The predicted molar refractivity (Wildman–Crippen MR) is 130 cm³/mol. The molecule has 2 heterocycles. The summed E-state index contributed by atoms with van der Waals surface area (Å²) in [4.78, 5) is 6.71. The van der Waals surface area contributed by atoms with Gasteiger partial charge in [-0.1, -0.05) is 30.3 Å². The first kappa shape index (κ1) is 24.6. The summed E-state index contributed by atoms with van der Waals surface area (Å²) in [5.41, 5.74) is 2.44. The van der Waals surface area contributed by atoms with E-state index in [-0.39, 0.29) is 30.1 Å². The van der Waals surface area contributed by atoms with Gasteiger partial charge in [-0.15, -0.1) is 24.0 Å². The summed E-state index contributed by atoms with van der Waals surface area (Å²) < 4.78 is 13.5. The third-order valence-electron chi connectivity index (χ3n) is 5.05. The van der Waals surface area contributed by atoms with Gasteiger partial charge < -0.3 is 19.7 Å². The number of ether oxygens (including phenoxy) is 2. The summed E-state index contributed by atoms with van der Waals surface area (Å²) >= 11 is 0. The fraction of sp³-hybridized carbons (Fsp3) is 0.545. The van der Waals surface area contributed by atoms with Gasteiger partial charge in [-0.25, -0.2) is 0 Å². The Kier molecular flexibility index (Phi) is 11.2. The number of aliphatic imine (C=N–C) groups is 1. The van der Waals surface area contributed by atoms with Gasteiger partial charge in [0.05, 0.1) is 26.0 Å².